The van der Waals surface area contributed by atoms with E-state index in [1.165, 1.54) is 0 Å². The molecule has 20 heavy (non-hydrogen) atoms. The fraction of sp³-hybridized carbons (Fsp3) is 0.647. The summed E-state index contributed by atoms with van der Waals surface area (Å²) in [6.07, 6.45) is 0.967. The fourth-order valence-corrected chi connectivity index (χ4v) is 2.05. The van der Waals surface area contributed by atoms with Gasteiger partial charge in [-0.1, -0.05) is 33.8 Å². The Morgan fingerprint density at radius 3 is 2.45 bits per heavy atom. The summed E-state index contributed by atoms with van der Waals surface area (Å²) in [4.78, 5) is 2.27. The van der Waals surface area contributed by atoms with Crippen molar-refractivity contribution in [3.63, 3.8) is 0 Å². The summed E-state index contributed by atoms with van der Waals surface area (Å²) >= 11 is 0. The van der Waals surface area contributed by atoms with E-state index in [1.54, 1.807) is 6.07 Å². The average molecular weight is 279 g/mol. The first-order chi connectivity index (χ1) is 9.25. The van der Waals surface area contributed by atoms with Crippen molar-refractivity contribution in [3.05, 3.63) is 23.8 Å². The van der Waals surface area contributed by atoms with Crippen LogP contribution >= 0.6 is 0 Å². The van der Waals surface area contributed by atoms with Gasteiger partial charge in [0.25, 0.3) is 0 Å². The second kappa shape index (κ2) is 6.98. The molecular weight excluding hydrogens is 250 g/mol. The van der Waals surface area contributed by atoms with Gasteiger partial charge < -0.3 is 9.84 Å². The number of nitrogens with zero attached hydrogens (tertiary/aromatic N) is 1. The van der Waals surface area contributed by atoms with Crippen LogP contribution in [0.15, 0.2) is 18.2 Å². The average Bonchev–Trinajstić information content (AvgIpc) is 2.37. The molecule has 114 valence electrons. The van der Waals surface area contributed by atoms with Gasteiger partial charge in [0.15, 0.2) is 0 Å². The molecule has 1 atom stereocenters. The van der Waals surface area contributed by atoms with Gasteiger partial charge in [-0.2, -0.15) is 0 Å². The predicted octanol–water partition coefficient (Wildman–Crippen LogP) is 4.05. The summed E-state index contributed by atoms with van der Waals surface area (Å²) in [6.45, 7) is 12.4. The van der Waals surface area contributed by atoms with Gasteiger partial charge in [0.05, 0.1) is 6.61 Å². The van der Waals surface area contributed by atoms with Crippen molar-refractivity contribution in [1.82, 2.24) is 4.90 Å². The topological polar surface area (TPSA) is 32.7 Å². The minimum atomic E-state index is 0.217. The van der Waals surface area contributed by atoms with Crippen LogP contribution in [0.2, 0.25) is 0 Å². The summed E-state index contributed by atoms with van der Waals surface area (Å²) in [6, 6.07) is 6.02. The molecule has 0 radical (unpaired) electrons. The molecule has 0 aliphatic rings. The molecule has 0 aliphatic carbocycles. The van der Waals surface area contributed by atoms with Crippen molar-refractivity contribution < 1.29 is 9.84 Å². The lowest BCUT2D eigenvalue weighted by Crippen LogP contribution is -2.38. The number of phenols is 1. The highest BCUT2D eigenvalue weighted by atomic mass is 16.5. The maximum absolute atomic E-state index is 10.1. The zero-order chi connectivity index (χ0) is 15.3. The second-order valence-corrected chi connectivity index (χ2v) is 6.60. The molecule has 0 bridgehead atoms. The maximum Gasteiger partial charge on any atom is 0.123 e. The van der Waals surface area contributed by atoms with Crippen LogP contribution in [0.4, 0.5) is 0 Å². The molecule has 0 saturated carbocycles. The summed E-state index contributed by atoms with van der Waals surface area (Å²) in [5, 5.41) is 10.1. The molecule has 1 rings (SSSR count). The minimum absolute atomic E-state index is 0.217. The van der Waals surface area contributed by atoms with E-state index in [4.69, 9.17) is 4.74 Å². The standard InChI is InChI=1S/C17H29NO2/c1-7-10-20-15-9-8-14(16(19)11-15)12-18(6)13(2)17(3,4)5/h8-9,11,13,19H,7,10,12H2,1-6H3. The highest BCUT2D eigenvalue weighted by Gasteiger charge is 2.24. The van der Waals surface area contributed by atoms with Gasteiger partial charge in [-0.15, -0.1) is 0 Å². The van der Waals surface area contributed by atoms with Gasteiger partial charge in [0, 0.05) is 24.2 Å². The number of rotatable bonds is 6. The van der Waals surface area contributed by atoms with Gasteiger partial charge in [-0.25, -0.2) is 0 Å². The van der Waals surface area contributed by atoms with Crippen LogP contribution in [-0.2, 0) is 6.54 Å². The van der Waals surface area contributed by atoms with E-state index < -0.39 is 0 Å². The van der Waals surface area contributed by atoms with E-state index in [-0.39, 0.29) is 5.41 Å². The molecule has 1 aromatic carbocycles. The lowest BCUT2D eigenvalue weighted by molar-refractivity contribution is 0.133. The fourth-order valence-electron chi connectivity index (χ4n) is 2.05. The maximum atomic E-state index is 10.1. The Bertz CT molecular complexity index is 423. The number of benzene rings is 1. The Labute approximate surface area is 123 Å². The molecule has 3 nitrogen and oxygen atoms in total. The van der Waals surface area contributed by atoms with Gasteiger partial charge in [-0.05, 0) is 31.9 Å². The highest BCUT2D eigenvalue weighted by Crippen LogP contribution is 2.28. The molecule has 1 unspecified atom stereocenters. The molecular formula is C17H29NO2. The molecule has 0 aromatic heterocycles. The molecule has 0 saturated heterocycles. The van der Waals surface area contributed by atoms with Crippen molar-refractivity contribution in [3.8, 4) is 11.5 Å². The summed E-state index contributed by atoms with van der Waals surface area (Å²) < 4.78 is 5.52. The molecule has 0 heterocycles. The largest absolute Gasteiger partial charge is 0.507 e. The first-order valence-corrected chi connectivity index (χ1v) is 7.40. The van der Waals surface area contributed by atoms with E-state index in [1.807, 2.05) is 12.1 Å². The summed E-state index contributed by atoms with van der Waals surface area (Å²) in [7, 11) is 2.09. The van der Waals surface area contributed by atoms with Gasteiger partial charge >= 0.3 is 0 Å². The third-order valence-electron chi connectivity index (χ3n) is 3.86. The van der Waals surface area contributed by atoms with Crippen LogP contribution in [0, 0.1) is 5.41 Å². The Hall–Kier alpha value is -1.22. The first-order valence-electron chi connectivity index (χ1n) is 7.40. The van der Waals surface area contributed by atoms with Crippen LogP contribution in [0.5, 0.6) is 11.5 Å². The number of hydrogen-bond donors (Lipinski definition) is 1. The van der Waals surface area contributed by atoms with Gasteiger partial charge in [0.1, 0.15) is 11.5 Å². The lowest BCUT2D eigenvalue weighted by atomic mass is 9.87. The van der Waals surface area contributed by atoms with Crippen LogP contribution in [0.25, 0.3) is 0 Å². The van der Waals surface area contributed by atoms with Crippen molar-refractivity contribution in [2.45, 2.75) is 53.6 Å². The van der Waals surface area contributed by atoms with E-state index in [2.05, 4.69) is 46.6 Å². The minimum Gasteiger partial charge on any atom is -0.507 e. The number of ether oxygens (including phenoxy) is 1. The van der Waals surface area contributed by atoms with E-state index in [9.17, 15) is 5.11 Å². The van der Waals surface area contributed by atoms with Gasteiger partial charge in [0.2, 0.25) is 0 Å². The van der Waals surface area contributed by atoms with Crippen molar-refractivity contribution in [2.75, 3.05) is 13.7 Å². The highest BCUT2D eigenvalue weighted by molar-refractivity contribution is 5.39. The number of hydrogen-bond acceptors (Lipinski definition) is 3. The number of aromatic hydroxyl groups is 1. The van der Waals surface area contributed by atoms with E-state index >= 15 is 0 Å². The normalized spacial score (nSPS) is 13.6. The molecule has 0 spiro atoms. The zero-order valence-electron chi connectivity index (χ0n) is 13.7. The lowest BCUT2D eigenvalue weighted by Gasteiger charge is -2.35. The third kappa shape index (κ3) is 4.71. The SMILES string of the molecule is CCCOc1ccc(CN(C)C(C)C(C)(C)C)c(O)c1. The van der Waals surface area contributed by atoms with Crippen LogP contribution in [0.1, 0.15) is 46.6 Å². The Kier molecular flexibility index (Phi) is 5.88. The van der Waals surface area contributed by atoms with Crippen molar-refractivity contribution >= 4 is 0 Å². The van der Waals surface area contributed by atoms with Crippen molar-refractivity contribution in [2.24, 2.45) is 5.41 Å². The van der Waals surface area contributed by atoms with Crippen LogP contribution in [-0.4, -0.2) is 29.7 Å². The quantitative estimate of drug-likeness (QED) is 0.852. The molecule has 0 fully saturated rings. The summed E-state index contributed by atoms with van der Waals surface area (Å²) in [5.41, 5.74) is 1.15. The van der Waals surface area contributed by atoms with Crippen LogP contribution in [0.3, 0.4) is 0 Å². The molecule has 3 heteroatoms. The van der Waals surface area contributed by atoms with E-state index in [0.717, 1.165) is 24.3 Å². The van der Waals surface area contributed by atoms with Crippen LogP contribution < -0.4 is 4.74 Å². The predicted molar refractivity (Wildman–Crippen MR) is 84.3 cm³/mol. The first kappa shape index (κ1) is 16.8. The summed E-state index contributed by atoms with van der Waals surface area (Å²) in [5.74, 6) is 1.05. The zero-order valence-corrected chi connectivity index (χ0v) is 13.7. The van der Waals surface area contributed by atoms with Gasteiger partial charge in [-0.3, -0.25) is 4.90 Å². The van der Waals surface area contributed by atoms with Crippen molar-refractivity contribution in [1.29, 1.82) is 0 Å². The van der Waals surface area contributed by atoms with E-state index in [0.29, 0.717) is 18.4 Å². The Morgan fingerprint density at radius 2 is 1.95 bits per heavy atom. The Balaban J connectivity index is 2.73. The Morgan fingerprint density at radius 1 is 1.30 bits per heavy atom. The second-order valence-electron chi connectivity index (χ2n) is 6.60. The smallest absolute Gasteiger partial charge is 0.123 e. The molecule has 1 N–H and O–H groups in total. The third-order valence-corrected chi connectivity index (χ3v) is 3.86. The number of phenolic OH excluding ortho intramolecular Hbond substituents is 1. The molecule has 0 aliphatic heterocycles. The molecule has 0 amide bonds. The monoisotopic (exact) mass is 279 g/mol. The molecule has 1 aromatic rings.